The SMILES string of the molecule is COc1cc(NC(=O)C2(C(=O)NCCN(C)C)CC2)cc(OC)c1OC. The number of nitrogens with zero attached hydrogens (tertiary/aromatic N) is 1. The molecule has 2 N–H and O–H groups in total. The van der Waals surface area contributed by atoms with Crippen molar-refractivity contribution in [3.05, 3.63) is 12.1 Å². The number of rotatable bonds is 9. The molecule has 0 heterocycles. The molecule has 1 aliphatic carbocycles. The maximum absolute atomic E-state index is 12.7. The van der Waals surface area contributed by atoms with Crippen molar-refractivity contribution in [1.82, 2.24) is 10.2 Å². The van der Waals surface area contributed by atoms with Gasteiger partial charge in [-0.05, 0) is 26.9 Å². The summed E-state index contributed by atoms with van der Waals surface area (Å²) in [5.74, 6) is 0.749. The Morgan fingerprint density at radius 2 is 1.62 bits per heavy atom. The molecule has 0 bridgehead atoms. The summed E-state index contributed by atoms with van der Waals surface area (Å²) in [5, 5.41) is 5.64. The molecule has 2 amide bonds. The lowest BCUT2D eigenvalue weighted by molar-refractivity contribution is -0.134. The maximum Gasteiger partial charge on any atom is 0.240 e. The standard InChI is InChI=1S/C18H27N3O5/c1-21(2)9-8-19-16(22)18(6-7-18)17(23)20-12-10-13(24-3)15(26-5)14(11-12)25-4/h10-11H,6-9H2,1-5H3,(H,19,22)(H,20,23). The van der Waals surface area contributed by atoms with Crippen molar-refractivity contribution in [2.45, 2.75) is 12.8 Å². The molecule has 1 saturated carbocycles. The Hall–Kier alpha value is -2.48. The number of benzene rings is 1. The summed E-state index contributed by atoms with van der Waals surface area (Å²) in [6, 6.07) is 3.28. The van der Waals surface area contributed by atoms with Gasteiger partial charge in [0, 0.05) is 30.9 Å². The van der Waals surface area contributed by atoms with E-state index < -0.39 is 5.41 Å². The minimum absolute atomic E-state index is 0.232. The highest BCUT2D eigenvalue weighted by Crippen LogP contribution is 2.47. The highest BCUT2D eigenvalue weighted by atomic mass is 16.5. The van der Waals surface area contributed by atoms with E-state index in [9.17, 15) is 9.59 Å². The van der Waals surface area contributed by atoms with Crippen LogP contribution < -0.4 is 24.8 Å². The molecular formula is C18H27N3O5. The molecule has 0 aromatic heterocycles. The monoisotopic (exact) mass is 365 g/mol. The van der Waals surface area contributed by atoms with Crippen molar-refractivity contribution in [2.24, 2.45) is 5.41 Å². The van der Waals surface area contributed by atoms with Gasteiger partial charge in [0.25, 0.3) is 0 Å². The van der Waals surface area contributed by atoms with Gasteiger partial charge in [0.2, 0.25) is 17.6 Å². The molecular weight excluding hydrogens is 338 g/mol. The molecule has 0 radical (unpaired) electrons. The Labute approximate surface area is 153 Å². The molecule has 0 spiro atoms. The van der Waals surface area contributed by atoms with Gasteiger partial charge in [0.05, 0.1) is 21.3 Å². The Kier molecular flexibility index (Phi) is 6.31. The second kappa shape index (κ2) is 8.27. The first-order chi connectivity index (χ1) is 12.4. The summed E-state index contributed by atoms with van der Waals surface area (Å²) < 4.78 is 15.8. The number of carbonyl (C=O) groups excluding carboxylic acids is 2. The van der Waals surface area contributed by atoms with Crippen molar-refractivity contribution < 1.29 is 23.8 Å². The molecule has 0 atom stereocenters. The molecule has 1 aromatic rings. The fourth-order valence-corrected chi connectivity index (χ4v) is 2.65. The van der Waals surface area contributed by atoms with Gasteiger partial charge in [0.1, 0.15) is 5.41 Å². The lowest BCUT2D eigenvalue weighted by Gasteiger charge is -2.18. The third-order valence-electron chi connectivity index (χ3n) is 4.39. The molecule has 0 unspecified atom stereocenters. The topological polar surface area (TPSA) is 89.1 Å². The number of ether oxygens (including phenoxy) is 3. The van der Waals surface area contributed by atoms with Gasteiger partial charge in [-0.2, -0.15) is 0 Å². The first-order valence-corrected chi connectivity index (χ1v) is 8.42. The first kappa shape index (κ1) is 19.8. The van der Waals surface area contributed by atoms with Crippen LogP contribution in [0.25, 0.3) is 0 Å². The number of likely N-dealkylation sites (N-methyl/N-ethyl adjacent to an activating group) is 1. The lowest BCUT2D eigenvalue weighted by Crippen LogP contribution is -2.42. The van der Waals surface area contributed by atoms with Crippen molar-refractivity contribution in [2.75, 3.05) is 53.8 Å². The molecule has 0 aliphatic heterocycles. The summed E-state index contributed by atoms with van der Waals surface area (Å²) in [5.41, 5.74) is -0.510. The van der Waals surface area contributed by atoms with Gasteiger partial charge < -0.3 is 29.7 Å². The molecule has 8 heteroatoms. The quantitative estimate of drug-likeness (QED) is 0.637. The number of anilines is 1. The molecule has 1 fully saturated rings. The minimum atomic E-state index is -0.993. The van der Waals surface area contributed by atoms with E-state index in [1.165, 1.54) is 21.3 Å². The summed E-state index contributed by atoms with van der Waals surface area (Å²) in [6.07, 6.45) is 1.08. The molecule has 26 heavy (non-hydrogen) atoms. The largest absolute Gasteiger partial charge is 0.493 e. The molecule has 0 saturated heterocycles. The maximum atomic E-state index is 12.7. The molecule has 144 valence electrons. The number of carbonyl (C=O) groups is 2. The zero-order valence-electron chi connectivity index (χ0n) is 16.0. The van der Waals surface area contributed by atoms with Gasteiger partial charge >= 0.3 is 0 Å². The second-order valence-electron chi connectivity index (χ2n) is 6.51. The normalized spacial score (nSPS) is 14.5. The van der Waals surface area contributed by atoms with E-state index in [1.807, 2.05) is 19.0 Å². The van der Waals surface area contributed by atoms with Crippen LogP contribution in [0, 0.1) is 5.41 Å². The Morgan fingerprint density at radius 3 is 2.04 bits per heavy atom. The molecule has 1 aromatic carbocycles. The zero-order valence-corrected chi connectivity index (χ0v) is 16.0. The third kappa shape index (κ3) is 4.19. The molecule has 8 nitrogen and oxygen atoms in total. The van der Waals surface area contributed by atoms with Gasteiger partial charge in [-0.1, -0.05) is 0 Å². The van der Waals surface area contributed by atoms with Crippen LogP contribution in [0.15, 0.2) is 12.1 Å². The Balaban J connectivity index is 2.10. The molecule has 1 aliphatic rings. The van der Waals surface area contributed by atoms with Gasteiger partial charge in [0.15, 0.2) is 11.5 Å². The van der Waals surface area contributed by atoms with Gasteiger partial charge in [-0.25, -0.2) is 0 Å². The van der Waals surface area contributed by atoms with E-state index >= 15 is 0 Å². The van der Waals surface area contributed by atoms with E-state index in [-0.39, 0.29) is 11.8 Å². The highest BCUT2D eigenvalue weighted by Gasteiger charge is 2.56. The van der Waals surface area contributed by atoms with Crippen LogP contribution in [0.1, 0.15) is 12.8 Å². The number of hydrogen-bond acceptors (Lipinski definition) is 6. The van der Waals surface area contributed by atoms with Crippen LogP contribution in [-0.4, -0.2) is 65.2 Å². The Bertz CT molecular complexity index is 646. The van der Waals surface area contributed by atoms with E-state index in [2.05, 4.69) is 10.6 Å². The van der Waals surface area contributed by atoms with Crippen molar-refractivity contribution in [3.63, 3.8) is 0 Å². The van der Waals surface area contributed by atoms with Crippen molar-refractivity contribution in [1.29, 1.82) is 0 Å². The average molecular weight is 365 g/mol. The van der Waals surface area contributed by atoms with E-state index in [0.717, 1.165) is 6.54 Å². The Morgan fingerprint density at radius 1 is 1.04 bits per heavy atom. The minimum Gasteiger partial charge on any atom is -0.493 e. The lowest BCUT2D eigenvalue weighted by atomic mass is 10.0. The number of amides is 2. The van der Waals surface area contributed by atoms with Crippen molar-refractivity contribution in [3.8, 4) is 17.2 Å². The predicted octanol–water partition coefficient (Wildman–Crippen LogP) is 1.11. The number of methoxy groups -OCH3 is 3. The predicted molar refractivity (Wildman–Crippen MR) is 98.0 cm³/mol. The molecule has 2 rings (SSSR count). The smallest absolute Gasteiger partial charge is 0.240 e. The third-order valence-corrected chi connectivity index (χ3v) is 4.39. The van der Waals surface area contributed by atoms with Gasteiger partial charge in [-0.15, -0.1) is 0 Å². The second-order valence-corrected chi connectivity index (χ2v) is 6.51. The first-order valence-electron chi connectivity index (χ1n) is 8.42. The van der Waals surface area contributed by atoms with E-state index in [4.69, 9.17) is 14.2 Å². The van der Waals surface area contributed by atoms with Crippen LogP contribution in [-0.2, 0) is 9.59 Å². The average Bonchev–Trinajstić information content (AvgIpc) is 3.42. The zero-order chi connectivity index (χ0) is 19.3. The van der Waals surface area contributed by atoms with Crippen LogP contribution >= 0.6 is 0 Å². The summed E-state index contributed by atoms with van der Waals surface area (Å²) in [6.45, 7) is 1.22. The summed E-state index contributed by atoms with van der Waals surface area (Å²) in [7, 11) is 8.37. The van der Waals surface area contributed by atoms with Crippen LogP contribution in [0.2, 0.25) is 0 Å². The van der Waals surface area contributed by atoms with Crippen LogP contribution in [0.3, 0.4) is 0 Å². The fourth-order valence-electron chi connectivity index (χ4n) is 2.65. The van der Waals surface area contributed by atoms with Crippen LogP contribution in [0.5, 0.6) is 17.2 Å². The number of nitrogens with one attached hydrogen (secondary N) is 2. The van der Waals surface area contributed by atoms with Crippen molar-refractivity contribution >= 4 is 17.5 Å². The number of hydrogen-bond donors (Lipinski definition) is 2. The highest BCUT2D eigenvalue weighted by molar-refractivity contribution is 6.13. The van der Waals surface area contributed by atoms with Gasteiger partial charge in [-0.3, -0.25) is 9.59 Å². The fraction of sp³-hybridized carbons (Fsp3) is 0.556. The summed E-state index contributed by atoms with van der Waals surface area (Å²) >= 11 is 0. The van der Waals surface area contributed by atoms with Crippen LogP contribution in [0.4, 0.5) is 5.69 Å². The van der Waals surface area contributed by atoms with E-state index in [0.29, 0.717) is 42.3 Å². The summed E-state index contributed by atoms with van der Waals surface area (Å²) in [4.78, 5) is 27.1. The van der Waals surface area contributed by atoms with E-state index in [1.54, 1.807) is 12.1 Å².